The molecule has 1 N–H and O–H groups in total. The highest BCUT2D eigenvalue weighted by molar-refractivity contribution is 7.17. The maximum Gasteiger partial charge on any atom is 0.224 e. The summed E-state index contributed by atoms with van der Waals surface area (Å²) < 4.78 is 6.75. The lowest BCUT2D eigenvalue weighted by Crippen LogP contribution is -2.56. The molecule has 0 spiro atoms. The van der Waals surface area contributed by atoms with Crippen LogP contribution in [0.4, 0.5) is 0 Å². The molecule has 4 rings (SSSR count). The minimum atomic E-state index is 0. The van der Waals surface area contributed by atoms with Gasteiger partial charge in [0.05, 0.1) is 19.6 Å². The number of thiophene rings is 1. The first-order chi connectivity index (χ1) is 12.3. The topological polar surface area (TPSA) is 41.6 Å². The van der Waals surface area contributed by atoms with Crippen LogP contribution in [0.25, 0.3) is 10.1 Å². The van der Waals surface area contributed by atoms with Gasteiger partial charge >= 0.3 is 0 Å². The van der Waals surface area contributed by atoms with Crippen LogP contribution in [0.1, 0.15) is 31.2 Å². The third kappa shape index (κ3) is 4.39. The van der Waals surface area contributed by atoms with E-state index in [1.807, 2.05) is 6.07 Å². The number of amides is 1. The summed E-state index contributed by atoms with van der Waals surface area (Å²) in [7, 11) is 0. The summed E-state index contributed by atoms with van der Waals surface area (Å²) in [6, 6.07) is 9.09. The van der Waals surface area contributed by atoms with Gasteiger partial charge in [-0.3, -0.25) is 9.69 Å². The van der Waals surface area contributed by atoms with Crippen LogP contribution in [0.2, 0.25) is 0 Å². The van der Waals surface area contributed by atoms with Gasteiger partial charge < -0.3 is 10.1 Å². The average Bonchev–Trinajstić information content (AvgIpc) is 3.06. The number of carbonyl (C=O) groups is 1. The molecule has 4 nitrogen and oxygen atoms in total. The fraction of sp³-hybridized carbons (Fsp3) is 0.550. The van der Waals surface area contributed by atoms with E-state index in [9.17, 15) is 4.79 Å². The summed E-state index contributed by atoms with van der Waals surface area (Å²) in [6.45, 7) is 3.62. The highest BCUT2D eigenvalue weighted by Crippen LogP contribution is 2.27. The minimum absolute atomic E-state index is 0. The number of hydrogen-bond donors (Lipinski definition) is 1. The molecule has 2 unspecified atom stereocenters. The first kappa shape index (κ1) is 19.6. The predicted octanol–water partition coefficient (Wildman–Crippen LogP) is 3.63. The maximum absolute atomic E-state index is 12.7. The number of hydrogen-bond acceptors (Lipinski definition) is 4. The van der Waals surface area contributed by atoms with Crippen molar-refractivity contribution in [1.29, 1.82) is 0 Å². The first-order valence-corrected chi connectivity index (χ1v) is 10.3. The zero-order chi connectivity index (χ0) is 17.1. The smallest absolute Gasteiger partial charge is 0.224 e. The standard InChI is InChI=1S/C20H26N2O2S.ClH/c23-20(13-15-14-25-19-8-4-1-5-16(15)19)21-17-6-2-3-7-18(17)22-9-11-24-12-10-22;/h1,4-5,8,14,17-18H,2-3,6-7,9-13H2,(H,21,23);1H. The van der Waals surface area contributed by atoms with Crippen LogP contribution in [0.3, 0.4) is 0 Å². The largest absolute Gasteiger partial charge is 0.379 e. The minimum Gasteiger partial charge on any atom is -0.379 e. The van der Waals surface area contributed by atoms with Crippen LogP contribution in [0.5, 0.6) is 0 Å². The van der Waals surface area contributed by atoms with Crippen LogP contribution in [0, 0.1) is 0 Å². The van der Waals surface area contributed by atoms with Gasteiger partial charge in [0.1, 0.15) is 0 Å². The molecule has 1 aliphatic heterocycles. The Morgan fingerprint density at radius 2 is 1.96 bits per heavy atom. The summed E-state index contributed by atoms with van der Waals surface area (Å²) in [6.07, 6.45) is 5.25. The zero-order valence-corrected chi connectivity index (χ0v) is 16.6. The Labute approximate surface area is 165 Å². The van der Waals surface area contributed by atoms with Crippen molar-refractivity contribution in [3.05, 3.63) is 35.2 Å². The molecule has 2 atom stereocenters. The van der Waals surface area contributed by atoms with E-state index in [2.05, 4.69) is 33.8 Å². The van der Waals surface area contributed by atoms with Gasteiger partial charge in [0.25, 0.3) is 0 Å². The van der Waals surface area contributed by atoms with Crippen molar-refractivity contribution in [2.45, 2.75) is 44.2 Å². The Morgan fingerprint density at radius 3 is 2.81 bits per heavy atom. The number of morpholine rings is 1. The normalized spacial score (nSPS) is 24.2. The van der Waals surface area contributed by atoms with E-state index in [4.69, 9.17) is 4.74 Å². The van der Waals surface area contributed by atoms with Gasteiger partial charge in [-0.1, -0.05) is 31.0 Å². The monoisotopic (exact) mass is 394 g/mol. The van der Waals surface area contributed by atoms with Gasteiger partial charge in [-0.25, -0.2) is 0 Å². The van der Waals surface area contributed by atoms with Crippen LogP contribution < -0.4 is 5.32 Å². The fourth-order valence-corrected chi connectivity index (χ4v) is 5.19. The Morgan fingerprint density at radius 1 is 1.19 bits per heavy atom. The summed E-state index contributed by atoms with van der Waals surface area (Å²) in [5, 5.41) is 6.70. The Kier molecular flexibility index (Phi) is 6.92. The SMILES string of the molecule is Cl.O=C(Cc1csc2ccccc12)NC1CCCCC1N1CCOCC1. The number of benzene rings is 1. The number of nitrogens with one attached hydrogen (secondary N) is 1. The zero-order valence-electron chi connectivity index (χ0n) is 15.0. The Bertz CT molecular complexity index is 729. The summed E-state index contributed by atoms with van der Waals surface area (Å²) in [5.74, 6) is 0.161. The second kappa shape index (κ2) is 9.18. The molecule has 2 fully saturated rings. The van der Waals surface area contributed by atoms with Gasteiger partial charge in [0.2, 0.25) is 5.91 Å². The highest BCUT2D eigenvalue weighted by atomic mass is 35.5. The fourth-order valence-electron chi connectivity index (χ4n) is 4.23. The van der Waals surface area contributed by atoms with Crippen molar-refractivity contribution in [3.63, 3.8) is 0 Å². The molecule has 0 radical (unpaired) electrons. The van der Waals surface area contributed by atoms with Gasteiger partial charge in [0, 0.05) is 29.9 Å². The van der Waals surface area contributed by atoms with Crippen molar-refractivity contribution in [2.75, 3.05) is 26.3 Å². The lowest BCUT2D eigenvalue weighted by Gasteiger charge is -2.41. The number of fused-ring (bicyclic) bond motifs is 1. The van der Waals surface area contributed by atoms with E-state index in [1.54, 1.807) is 11.3 Å². The molecule has 142 valence electrons. The van der Waals surface area contributed by atoms with E-state index in [-0.39, 0.29) is 24.4 Å². The summed E-state index contributed by atoms with van der Waals surface area (Å²) in [4.78, 5) is 15.2. The average molecular weight is 395 g/mol. The van der Waals surface area contributed by atoms with Crippen molar-refractivity contribution < 1.29 is 9.53 Å². The predicted molar refractivity (Wildman–Crippen MR) is 109 cm³/mol. The van der Waals surface area contributed by atoms with Crippen LogP contribution >= 0.6 is 23.7 Å². The van der Waals surface area contributed by atoms with Crippen molar-refractivity contribution in [2.24, 2.45) is 0 Å². The number of rotatable bonds is 4. The van der Waals surface area contributed by atoms with Crippen molar-refractivity contribution >= 4 is 39.7 Å². The lowest BCUT2D eigenvalue weighted by atomic mass is 9.88. The Balaban J connectivity index is 0.00000196. The van der Waals surface area contributed by atoms with E-state index < -0.39 is 0 Å². The maximum atomic E-state index is 12.7. The van der Waals surface area contributed by atoms with Crippen molar-refractivity contribution in [3.8, 4) is 0 Å². The second-order valence-corrected chi connectivity index (χ2v) is 8.02. The van der Waals surface area contributed by atoms with E-state index >= 15 is 0 Å². The molecule has 1 aromatic heterocycles. The lowest BCUT2D eigenvalue weighted by molar-refractivity contribution is -0.122. The van der Waals surface area contributed by atoms with Crippen LogP contribution in [0.15, 0.2) is 29.6 Å². The molecule has 0 bridgehead atoms. The molecule has 1 saturated heterocycles. The van der Waals surface area contributed by atoms with Gasteiger partial charge in [0.15, 0.2) is 0 Å². The molecule has 6 heteroatoms. The third-order valence-electron chi connectivity index (χ3n) is 5.50. The summed E-state index contributed by atoms with van der Waals surface area (Å²) in [5.41, 5.74) is 1.15. The van der Waals surface area contributed by atoms with Crippen molar-refractivity contribution in [1.82, 2.24) is 10.2 Å². The number of nitrogens with zero attached hydrogens (tertiary/aromatic N) is 1. The highest BCUT2D eigenvalue weighted by Gasteiger charge is 2.32. The number of carbonyl (C=O) groups excluding carboxylic acids is 1. The third-order valence-corrected chi connectivity index (χ3v) is 6.52. The van der Waals surface area contributed by atoms with Gasteiger partial charge in [-0.15, -0.1) is 23.7 Å². The Hall–Kier alpha value is -1.14. The van der Waals surface area contributed by atoms with Gasteiger partial charge in [-0.2, -0.15) is 0 Å². The van der Waals surface area contributed by atoms with E-state index in [0.717, 1.165) is 38.3 Å². The number of halogens is 1. The number of ether oxygens (including phenoxy) is 1. The van der Waals surface area contributed by atoms with Gasteiger partial charge in [-0.05, 0) is 35.2 Å². The molecular formula is C20H27ClN2O2S. The molecule has 1 saturated carbocycles. The molecule has 2 aliphatic rings. The molecular weight excluding hydrogens is 368 g/mol. The summed E-state index contributed by atoms with van der Waals surface area (Å²) >= 11 is 1.72. The van der Waals surface area contributed by atoms with E-state index in [1.165, 1.54) is 29.3 Å². The molecule has 2 heterocycles. The molecule has 1 amide bonds. The second-order valence-electron chi connectivity index (χ2n) is 7.11. The van der Waals surface area contributed by atoms with Crippen LogP contribution in [-0.4, -0.2) is 49.2 Å². The van der Waals surface area contributed by atoms with Crippen LogP contribution in [-0.2, 0) is 16.0 Å². The molecule has 2 aromatic rings. The van der Waals surface area contributed by atoms with E-state index in [0.29, 0.717) is 12.5 Å². The molecule has 26 heavy (non-hydrogen) atoms. The molecule has 1 aliphatic carbocycles. The first-order valence-electron chi connectivity index (χ1n) is 9.37. The quantitative estimate of drug-likeness (QED) is 0.860. The molecule has 1 aromatic carbocycles.